The fourth-order valence-electron chi connectivity index (χ4n) is 14.8. The second-order valence-electron chi connectivity index (χ2n) is 33.5. The number of carbonyl (C=O) groups is 13. The molecule has 23 N–H and O–H groups in total. The first-order valence-corrected chi connectivity index (χ1v) is 43.8. The van der Waals surface area contributed by atoms with Gasteiger partial charge in [-0.05, 0) is 187 Å². The number of nitrogens with one attached hydrogen (secondary N) is 11. The first-order valence-electron chi connectivity index (χ1n) is 43.8. The van der Waals surface area contributed by atoms with Crippen LogP contribution < -0.4 is 87.2 Å². The van der Waals surface area contributed by atoms with Crippen molar-refractivity contribution in [1.82, 2.24) is 63.4 Å². The number of aromatic hydroxyl groups is 1. The number of rotatable bonds is 56. The normalized spacial score (nSPS) is 15.5. The Bertz CT molecular complexity index is 4170. The highest BCUT2D eigenvalue weighted by molar-refractivity contribution is 6.00. The lowest BCUT2D eigenvalue weighted by Gasteiger charge is -2.32. The monoisotopic (exact) mass is 1720 g/mol. The molecule has 0 aromatic heterocycles. The molecule has 32 heteroatoms. The molecule has 13 atom stereocenters. The number of carboxylic acid groups (broad SMARTS) is 1. The maximum Gasteiger partial charge on any atom is 0.326 e. The SMILES string of the molecule is CC(C)C[C@H](NC(=O)[C@H](CCCCN)NC(=O)[C@H](CCCCN)NC(=O)[C@H](CCCCN)NC(=O)[C@@H](N)CCCCN)C(=O)N[C@@H](CC(C)C)C(=O)N[C@@H](CC(C)C)C(=O)N1CCC[C@H]1C(=O)N[C@@H](Cc1ccccc1)C(=O)N[C@@H](Cc1ccc(O)cc1)C(=O)N[C@@H](Cc1ccccc1)C(=O)N[C@@H](Cc1ccccc1)C(=O)N[C@@H](Cc1ccccc1)C(=O)O. The molecule has 5 aromatic carbocycles. The van der Waals surface area contributed by atoms with E-state index in [-0.39, 0.29) is 114 Å². The van der Waals surface area contributed by atoms with Crippen molar-refractivity contribution in [3.63, 3.8) is 0 Å². The minimum Gasteiger partial charge on any atom is -0.508 e. The molecule has 0 bridgehead atoms. The van der Waals surface area contributed by atoms with E-state index in [0.29, 0.717) is 112 Å². The van der Waals surface area contributed by atoms with Crippen molar-refractivity contribution in [2.75, 3.05) is 32.7 Å². The van der Waals surface area contributed by atoms with Crippen LogP contribution in [0.5, 0.6) is 5.75 Å². The number of benzene rings is 5. The first kappa shape index (κ1) is 102. The number of nitrogens with two attached hydrogens (primary N) is 5. The Balaban J connectivity index is 1.23. The van der Waals surface area contributed by atoms with Crippen LogP contribution in [0.1, 0.15) is 179 Å². The number of carbonyl (C=O) groups excluding carboxylic acids is 12. The third-order valence-corrected chi connectivity index (χ3v) is 21.5. The summed E-state index contributed by atoms with van der Waals surface area (Å²) in [4.78, 5) is 191. The van der Waals surface area contributed by atoms with Gasteiger partial charge in [0.25, 0.3) is 0 Å². The number of hydrogen-bond acceptors (Lipinski definition) is 19. The number of carboxylic acids is 1. The molecule has 0 unspecified atom stereocenters. The molecule has 5 aromatic rings. The van der Waals surface area contributed by atoms with Crippen molar-refractivity contribution in [3.8, 4) is 5.75 Å². The van der Waals surface area contributed by atoms with E-state index in [1.54, 1.807) is 133 Å². The minimum atomic E-state index is -1.50. The molecule has 0 radical (unpaired) electrons. The summed E-state index contributed by atoms with van der Waals surface area (Å²) in [7, 11) is 0. The van der Waals surface area contributed by atoms with E-state index in [4.69, 9.17) is 28.7 Å². The quantitative estimate of drug-likeness (QED) is 0.0248. The number of phenols is 1. The molecule has 6 rings (SSSR count). The van der Waals surface area contributed by atoms with Gasteiger partial charge in [-0.15, -0.1) is 0 Å². The van der Waals surface area contributed by atoms with Crippen LogP contribution in [-0.2, 0) is 94.4 Å². The number of likely N-dealkylation sites (tertiary alicyclic amines) is 1. The minimum absolute atomic E-state index is 0.0695. The molecule has 0 aliphatic carbocycles. The average molecular weight is 1720 g/mol. The molecule has 1 aliphatic rings. The summed E-state index contributed by atoms with van der Waals surface area (Å²) in [5.41, 5.74) is 32.4. The molecule has 12 amide bonds. The van der Waals surface area contributed by atoms with Gasteiger partial charge in [0, 0.05) is 38.6 Å². The molecule has 0 spiro atoms. The van der Waals surface area contributed by atoms with Crippen molar-refractivity contribution in [2.24, 2.45) is 46.4 Å². The fourth-order valence-corrected chi connectivity index (χ4v) is 14.8. The largest absolute Gasteiger partial charge is 0.508 e. The van der Waals surface area contributed by atoms with E-state index >= 15 is 24.0 Å². The Morgan fingerprint density at radius 1 is 0.331 bits per heavy atom. The molecule has 124 heavy (non-hydrogen) atoms. The molecule has 1 saturated heterocycles. The maximum absolute atomic E-state index is 15.3. The second kappa shape index (κ2) is 54.4. The summed E-state index contributed by atoms with van der Waals surface area (Å²) in [6, 6.07) is 24.2. The lowest BCUT2D eigenvalue weighted by Crippen LogP contribution is -2.61. The third kappa shape index (κ3) is 35.9. The standard InChI is InChI=1S/C92H135N17O15/c1-58(2)50-71(101-83(114)70(39-22-26-48-96)100-82(113)69(38-21-25-47-95)99-81(112)68(37-20-24-46-94)98-80(111)67(97)36-19-23-45-93)84(115)102-72(51-59(3)4)85(116)107-77(52-60(5)6)91(122)109-49-27-40-79(109)90(121)106-76(55-63-32-15-9-16-33-63)88(119)105-75(56-65-41-43-66(110)44-42-65)87(118)103-73(53-61-28-11-7-12-29-61)86(117)104-74(54-62-30-13-8-14-31-62)89(120)108-78(92(123)124)57-64-34-17-10-18-35-64/h7-18,28-35,41-44,58-60,67-79,110H,19-27,36-40,45-57,93-97H2,1-6H3,(H,98,111)(H,99,112)(H,100,113)(H,101,114)(H,102,115)(H,103,118)(H,104,117)(H,105,119)(H,106,121)(H,107,116)(H,108,120)(H,123,124)/t67-,68-,69-,70-,71-,72-,73-,74-,75-,76-,77-,78-,79-/m0/s1. The summed E-state index contributed by atoms with van der Waals surface area (Å²) in [5.74, 6) is -10.8. The van der Waals surface area contributed by atoms with Gasteiger partial charge in [0.2, 0.25) is 70.9 Å². The Hall–Kier alpha value is -11.2. The van der Waals surface area contributed by atoms with Crippen LogP contribution >= 0.6 is 0 Å². The Labute approximate surface area is 728 Å². The van der Waals surface area contributed by atoms with E-state index in [0.717, 1.165) is 0 Å². The summed E-state index contributed by atoms with van der Waals surface area (Å²) < 4.78 is 0. The van der Waals surface area contributed by atoms with Crippen molar-refractivity contribution >= 4 is 76.9 Å². The lowest BCUT2D eigenvalue weighted by atomic mass is 9.98. The lowest BCUT2D eigenvalue weighted by molar-refractivity contribution is -0.143. The topological polar surface area (TPSA) is 528 Å². The molecule has 0 saturated carbocycles. The van der Waals surface area contributed by atoms with Crippen LogP contribution in [0.2, 0.25) is 0 Å². The predicted octanol–water partition coefficient (Wildman–Crippen LogP) is 3.30. The third-order valence-electron chi connectivity index (χ3n) is 21.5. The zero-order chi connectivity index (χ0) is 90.6. The fraction of sp³-hybridized carbons (Fsp3) is 0.533. The molecular formula is C92H135N17O15. The molecule has 1 aliphatic heterocycles. The van der Waals surface area contributed by atoms with E-state index in [1.807, 2.05) is 41.5 Å². The predicted molar refractivity (Wildman–Crippen MR) is 474 cm³/mol. The van der Waals surface area contributed by atoms with Crippen LogP contribution in [0.4, 0.5) is 0 Å². The van der Waals surface area contributed by atoms with Crippen LogP contribution in [0.25, 0.3) is 0 Å². The molecule has 678 valence electrons. The molecule has 32 nitrogen and oxygen atoms in total. The van der Waals surface area contributed by atoms with Crippen molar-refractivity contribution < 1.29 is 72.5 Å². The number of nitrogens with zero attached hydrogens (tertiary/aromatic N) is 1. The van der Waals surface area contributed by atoms with E-state index < -0.39 is 155 Å². The van der Waals surface area contributed by atoms with Gasteiger partial charge in [-0.2, -0.15) is 0 Å². The number of phenolic OH excluding ortho intramolecular Hbond substituents is 1. The van der Waals surface area contributed by atoms with Gasteiger partial charge >= 0.3 is 5.97 Å². The highest BCUT2D eigenvalue weighted by atomic mass is 16.4. The molecular weight excluding hydrogens is 1580 g/mol. The Morgan fingerprint density at radius 3 is 0.935 bits per heavy atom. The smallest absolute Gasteiger partial charge is 0.326 e. The Kier molecular flexibility index (Phi) is 44.6. The van der Waals surface area contributed by atoms with Crippen molar-refractivity contribution in [2.45, 2.75) is 261 Å². The van der Waals surface area contributed by atoms with Crippen molar-refractivity contribution in [1.29, 1.82) is 0 Å². The molecule has 1 fully saturated rings. The van der Waals surface area contributed by atoms with E-state index in [9.17, 15) is 48.6 Å². The van der Waals surface area contributed by atoms with Crippen LogP contribution in [-0.4, -0.2) is 203 Å². The van der Waals surface area contributed by atoms with Gasteiger partial charge in [0.1, 0.15) is 78.3 Å². The van der Waals surface area contributed by atoms with Crippen LogP contribution in [0, 0.1) is 17.8 Å². The van der Waals surface area contributed by atoms with Crippen LogP contribution in [0.15, 0.2) is 146 Å². The number of aliphatic carboxylic acids is 1. The zero-order valence-corrected chi connectivity index (χ0v) is 72.7. The summed E-state index contributed by atoms with van der Waals surface area (Å²) in [5, 5.41) is 51.8. The number of amides is 12. The van der Waals surface area contributed by atoms with Crippen molar-refractivity contribution in [3.05, 3.63) is 173 Å². The van der Waals surface area contributed by atoms with E-state index in [2.05, 4.69) is 58.5 Å². The van der Waals surface area contributed by atoms with Gasteiger partial charge in [0.15, 0.2) is 0 Å². The highest BCUT2D eigenvalue weighted by Crippen LogP contribution is 2.24. The summed E-state index contributed by atoms with van der Waals surface area (Å²) >= 11 is 0. The summed E-state index contributed by atoms with van der Waals surface area (Å²) in [6.07, 6.45) is 4.84. The highest BCUT2D eigenvalue weighted by Gasteiger charge is 2.42. The van der Waals surface area contributed by atoms with E-state index in [1.165, 1.54) is 17.0 Å². The molecule has 1 heterocycles. The average Bonchev–Trinajstić information content (AvgIpc) is 1.63. The Morgan fingerprint density at radius 2 is 0.597 bits per heavy atom. The zero-order valence-electron chi connectivity index (χ0n) is 72.7. The van der Waals surface area contributed by atoms with Gasteiger partial charge in [-0.25, -0.2) is 4.79 Å². The first-order chi connectivity index (χ1) is 59.4. The maximum atomic E-state index is 15.3. The summed E-state index contributed by atoms with van der Waals surface area (Å²) in [6.45, 7) is 12.5. The number of hydrogen-bond donors (Lipinski definition) is 18. The van der Waals surface area contributed by atoms with Gasteiger partial charge < -0.3 is 102 Å². The van der Waals surface area contributed by atoms with Crippen LogP contribution in [0.3, 0.4) is 0 Å². The number of unbranched alkanes of at least 4 members (excludes halogenated alkanes) is 4. The van der Waals surface area contributed by atoms with Gasteiger partial charge in [-0.1, -0.05) is 181 Å². The second-order valence-corrected chi connectivity index (χ2v) is 33.5. The van der Waals surface area contributed by atoms with Gasteiger partial charge in [-0.3, -0.25) is 57.5 Å². The van der Waals surface area contributed by atoms with Gasteiger partial charge in [0.05, 0.1) is 6.04 Å².